The van der Waals surface area contributed by atoms with Gasteiger partial charge in [-0.15, -0.1) is 11.3 Å². The van der Waals surface area contributed by atoms with E-state index in [1.54, 1.807) is 0 Å². The van der Waals surface area contributed by atoms with Crippen LogP contribution in [0.5, 0.6) is 0 Å². The summed E-state index contributed by atoms with van der Waals surface area (Å²) in [4.78, 5) is 15.1. The second kappa shape index (κ2) is 9.73. The molecule has 3 rings (SSSR count). The average molecular weight is 375 g/mol. The third kappa shape index (κ3) is 5.32. The molecule has 0 spiro atoms. The van der Waals surface area contributed by atoms with E-state index in [1.165, 1.54) is 4.88 Å². The third-order valence-electron chi connectivity index (χ3n) is 4.88. The van der Waals surface area contributed by atoms with Crippen molar-refractivity contribution in [3.05, 3.63) is 40.6 Å². The average Bonchev–Trinajstić information content (AvgIpc) is 3.31. The van der Waals surface area contributed by atoms with Crippen molar-refractivity contribution >= 4 is 17.3 Å². The molecular formula is C19H30N6S. The van der Waals surface area contributed by atoms with Crippen LogP contribution in [-0.4, -0.2) is 65.1 Å². The van der Waals surface area contributed by atoms with E-state index < -0.39 is 0 Å². The van der Waals surface area contributed by atoms with E-state index in [0.29, 0.717) is 0 Å². The smallest absolute Gasteiger partial charge is 0.193 e. The molecule has 1 fully saturated rings. The maximum absolute atomic E-state index is 4.47. The summed E-state index contributed by atoms with van der Waals surface area (Å²) in [6.07, 6.45) is 6.20. The number of hydrogen-bond donors (Lipinski definition) is 1. The Bertz CT molecular complexity index is 670. The van der Waals surface area contributed by atoms with Gasteiger partial charge in [0, 0.05) is 70.1 Å². The fourth-order valence-electron chi connectivity index (χ4n) is 3.32. The minimum absolute atomic E-state index is 0.968. The molecule has 0 aliphatic carbocycles. The van der Waals surface area contributed by atoms with E-state index >= 15 is 0 Å². The number of aliphatic imine (C=N–C) groups is 1. The highest BCUT2D eigenvalue weighted by atomic mass is 32.1. The molecule has 2 aromatic rings. The third-order valence-corrected chi connectivity index (χ3v) is 5.74. The van der Waals surface area contributed by atoms with Crippen LogP contribution in [0.15, 0.2) is 34.9 Å². The van der Waals surface area contributed by atoms with Gasteiger partial charge < -0.3 is 14.8 Å². The molecule has 142 valence electrons. The van der Waals surface area contributed by atoms with Crippen molar-refractivity contribution in [3.8, 4) is 0 Å². The van der Waals surface area contributed by atoms with Gasteiger partial charge in [-0.3, -0.25) is 9.89 Å². The number of hydrogen-bond acceptors (Lipinski definition) is 4. The highest BCUT2D eigenvalue weighted by Crippen LogP contribution is 2.13. The summed E-state index contributed by atoms with van der Waals surface area (Å²) in [6.45, 7) is 9.41. The first-order valence-corrected chi connectivity index (χ1v) is 10.3. The normalized spacial score (nSPS) is 16.2. The zero-order valence-corrected chi connectivity index (χ0v) is 16.7. The highest BCUT2D eigenvalue weighted by Gasteiger charge is 2.19. The van der Waals surface area contributed by atoms with E-state index in [2.05, 4.69) is 60.3 Å². The summed E-state index contributed by atoms with van der Waals surface area (Å²) in [5.41, 5.74) is 0. The molecule has 1 saturated heterocycles. The second-order valence-electron chi connectivity index (χ2n) is 6.69. The molecule has 0 amide bonds. The number of rotatable bonds is 7. The molecule has 1 aliphatic rings. The summed E-state index contributed by atoms with van der Waals surface area (Å²) in [5, 5.41) is 5.69. The van der Waals surface area contributed by atoms with Crippen LogP contribution in [0.3, 0.4) is 0 Å². The van der Waals surface area contributed by atoms with E-state index in [4.69, 9.17) is 0 Å². The van der Waals surface area contributed by atoms with Crippen molar-refractivity contribution in [1.82, 2.24) is 24.7 Å². The molecule has 0 unspecified atom stereocenters. The molecule has 1 aliphatic heterocycles. The Hall–Kier alpha value is -1.86. The van der Waals surface area contributed by atoms with Gasteiger partial charge in [0.05, 0.1) is 0 Å². The zero-order chi connectivity index (χ0) is 18.2. The van der Waals surface area contributed by atoms with Crippen LogP contribution in [0.2, 0.25) is 0 Å². The van der Waals surface area contributed by atoms with Crippen LogP contribution in [0, 0.1) is 6.92 Å². The molecule has 0 bridgehead atoms. The molecule has 6 nitrogen and oxygen atoms in total. The molecule has 1 N–H and O–H groups in total. The van der Waals surface area contributed by atoms with Gasteiger partial charge in [0.2, 0.25) is 0 Å². The topological polar surface area (TPSA) is 48.7 Å². The van der Waals surface area contributed by atoms with Gasteiger partial charge in [0.15, 0.2) is 5.96 Å². The van der Waals surface area contributed by atoms with Crippen molar-refractivity contribution in [2.45, 2.75) is 32.9 Å². The van der Waals surface area contributed by atoms with Crippen molar-refractivity contribution in [2.75, 3.05) is 39.8 Å². The summed E-state index contributed by atoms with van der Waals surface area (Å²) in [7, 11) is 1.88. The number of guanidine groups is 1. The Kier molecular flexibility index (Phi) is 7.08. The first-order chi connectivity index (χ1) is 12.8. The molecule has 26 heavy (non-hydrogen) atoms. The number of imidazole rings is 1. The van der Waals surface area contributed by atoms with Crippen molar-refractivity contribution < 1.29 is 0 Å². The van der Waals surface area contributed by atoms with E-state index in [9.17, 15) is 0 Å². The van der Waals surface area contributed by atoms with Crippen molar-refractivity contribution in [2.24, 2.45) is 4.99 Å². The van der Waals surface area contributed by atoms with Gasteiger partial charge in [-0.05, 0) is 31.2 Å². The molecular weight excluding hydrogens is 344 g/mol. The quantitative estimate of drug-likeness (QED) is 0.459. The highest BCUT2D eigenvalue weighted by molar-refractivity contribution is 7.09. The van der Waals surface area contributed by atoms with Crippen molar-refractivity contribution in [1.29, 1.82) is 0 Å². The SMILES string of the molecule is CN=C(NCCCCn1ccnc1C)N1CCN(Cc2cccs2)CC1. The predicted octanol–water partition coefficient (Wildman–Crippen LogP) is 2.43. The van der Waals surface area contributed by atoms with E-state index in [1.807, 2.05) is 24.6 Å². The standard InChI is InChI=1S/C19H30N6S/c1-17-21-8-10-24(17)9-4-3-7-22-19(20-2)25-13-11-23(12-14-25)16-18-6-5-15-26-18/h5-6,8,10,15H,3-4,7,9,11-14,16H2,1-2H3,(H,20,22). The second-order valence-corrected chi connectivity index (χ2v) is 7.72. The Morgan fingerprint density at radius 3 is 2.77 bits per heavy atom. The lowest BCUT2D eigenvalue weighted by atomic mass is 10.3. The maximum atomic E-state index is 4.47. The maximum Gasteiger partial charge on any atom is 0.193 e. The lowest BCUT2D eigenvalue weighted by Crippen LogP contribution is -2.52. The van der Waals surface area contributed by atoms with E-state index in [0.717, 1.165) is 70.4 Å². The number of thiophene rings is 1. The van der Waals surface area contributed by atoms with Crippen LogP contribution >= 0.6 is 11.3 Å². The Labute approximate surface area is 160 Å². The minimum Gasteiger partial charge on any atom is -0.356 e. The molecule has 0 radical (unpaired) electrons. The number of aromatic nitrogens is 2. The zero-order valence-electron chi connectivity index (χ0n) is 15.9. The predicted molar refractivity (Wildman–Crippen MR) is 109 cm³/mol. The van der Waals surface area contributed by atoms with Crippen molar-refractivity contribution in [3.63, 3.8) is 0 Å². The summed E-state index contributed by atoms with van der Waals surface area (Å²) >= 11 is 1.85. The van der Waals surface area contributed by atoms with Crippen LogP contribution in [0.4, 0.5) is 0 Å². The Morgan fingerprint density at radius 1 is 1.27 bits per heavy atom. The number of nitrogens with zero attached hydrogens (tertiary/aromatic N) is 5. The summed E-state index contributed by atoms with van der Waals surface area (Å²) in [5.74, 6) is 2.13. The monoisotopic (exact) mass is 374 g/mol. The largest absolute Gasteiger partial charge is 0.356 e. The van der Waals surface area contributed by atoms with Gasteiger partial charge in [0.25, 0.3) is 0 Å². The molecule has 0 saturated carbocycles. The lowest BCUT2D eigenvalue weighted by molar-refractivity contribution is 0.173. The fourth-order valence-corrected chi connectivity index (χ4v) is 4.07. The summed E-state index contributed by atoms with van der Waals surface area (Å²) < 4.78 is 2.21. The minimum atomic E-state index is 0.968. The molecule has 3 heterocycles. The van der Waals surface area contributed by atoms with Gasteiger partial charge in [-0.25, -0.2) is 4.98 Å². The molecule has 0 atom stereocenters. The van der Waals surface area contributed by atoms with Crippen LogP contribution < -0.4 is 5.32 Å². The number of aryl methyl sites for hydroxylation is 2. The molecule has 7 heteroatoms. The van der Waals surface area contributed by atoms with Gasteiger partial charge in [-0.2, -0.15) is 0 Å². The number of nitrogens with one attached hydrogen (secondary N) is 1. The first-order valence-electron chi connectivity index (χ1n) is 9.44. The van der Waals surface area contributed by atoms with Crippen LogP contribution in [0.25, 0.3) is 0 Å². The fraction of sp³-hybridized carbons (Fsp3) is 0.579. The van der Waals surface area contributed by atoms with Gasteiger partial charge in [0.1, 0.15) is 5.82 Å². The molecule has 0 aromatic carbocycles. The number of piperazine rings is 1. The van der Waals surface area contributed by atoms with Gasteiger partial charge in [-0.1, -0.05) is 6.07 Å². The summed E-state index contributed by atoms with van der Waals surface area (Å²) in [6, 6.07) is 4.36. The van der Waals surface area contributed by atoms with Crippen LogP contribution in [-0.2, 0) is 13.1 Å². The van der Waals surface area contributed by atoms with E-state index in [-0.39, 0.29) is 0 Å². The first kappa shape index (κ1) is 18.9. The van der Waals surface area contributed by atoms with Gasteiger partial charge >= 0.3 is 0 Å². The van der Waals surface area contributed by atoms with Crippen LogP contribution in [0.1, 0.15) is 23.5 Å². The number of unbranched alkanes of at least 4 members (excludes halogenated alkanes) is 1. The molecule has 2 aromatic heterocycles. The Morgan fingerprint density at radius 2 is 2.12 bits per heavy atom. The lowest BCUT2D eigenvalue weighted by Gasteiger charge is -2.36. The Balaban J connectivity index is 1.33.